The van der Waals surface area contributed by atoms with Crippen LogP contribution in [0.4, 0.5) is 4.39 Å². The molecule has 0 heterocycles. The Morgan fingerprint density at radius 2 is 2.06 bits per heavy atom. The highest BCUT2D eigenvalue weighted by molar-refractivity contribution is 5.33. The summed E-state index contributed by atoms with van der Waals surface area (Å²) in [5.41, 5.74) is -0.162. The van der Waals surface area contributed by atoms with Gasteiger partial charge in [0.05, 0.1) is 30.4 Å². The Hall–Kier alpha value is -1.48. The molecule has 17 heavy (non-hydrogen) atoms. The first-order valence-electron chi connectivity index (χ1n) is 5.20. The van der Waals surface area contributed by atoms with Crippen molar-refractivity contribution in [2.24, 2.45) is 0 Å². The van der Waals surface area contributed by atoms with Crippen molar-refractivity contribution in [2.75, 3.05) is 13.2 Å². The van der Waals surface area contributed by atoms with Gasteiger partial charge < -0.3 is 15.5 Å². The Bertz CT molecular complexity index is 425. The van der Waals surface area contributed by atoms with E-state index in [1.54, 1.807) is 6.92 Å². The Morgan fingerprint density at radius 3 is 2.59 bits per heavy atom. The van der Waals surface area contributed by atoms with Crippen molar-refractivity contribution in [3.8, 4) is 6.07 Å². The summed E-state index contributed by atoms with van der Waals surface area (Å²) in [6, 6.07) is 5.99. The minimum absolute atomic E-state index is 0.138. The second kappa shape index (κ2) is 5.73. The van der Waals surface area contributed by atoms with Crippen LogP contribution in [0.15, 0.2) is 18.2 Å². The minimum Gasteiger partial charge on any atom is -0.394 e. The summed E-state index contributed by atoms with van der Waals surface area (Å²) in [4.78, 5) is 0. The van der Waals surface area contributed by atoms with Crippen LogP contribution in [0.25, 0.3) is 0 Å². The zero-order valence-corrected chi connectivity index (χ0v) is 9.57. The molecule has 0 aromatic heterocycles. The van der Waals surface area contributed by atoms with Gasteiger partial charge in [-0.3, -0.25) is 0 Å². The number of aliphatic hydroxyl groups is 2. The van der Waals surface area contributed by atoms with Crippen LogP contribution in [0, 0.1) is 17.1 Å². The molecule has 0 aliphatic carbocycles. The predicted octanol–water partition coefficient (Wildman–Crippen LogP) is 0.530. The third-order valence-corrected chi connectivity index (χ3v) is 2.58. The fourth-order valence-corrected chi connectivity index (χ4v) is 1.25. The summed E-state index contributed by atoms with van der Waals surface area (Å²) in [5, 5.41) is 29.7. The third kappa shape index (κ3) is 3.49. The van der Waals surface area contributed by atoms with Gasteiger partial charge in [0, 0.05) is 12.1 Å². The van der Waals surface area contributed by atoms with E-state index in [-0.39, 0.29) is 19.8 Å². The third-order valence-electron chi connectivity index (χ3n) is 2.58. The maximum Gasteiger partial charge on any atom is 0.127 e. The molecule has 0 fully saturated rings. The first kappa shape index (κ1) is 13.6. The van der Waals surface area contributed by atoms with E-state index < -0.39 is 11.4 Å². The number of benzene rings is 1. The molecule has 0 spiro atoms. The van der Waals surface area contributed by atoms with Gasteiger partial charge in [0.2, 0.25) is 0 Å². The Balaban J connectivity index is 2.79. The van der Waals surface area contributed by atoms with Crippen LogP contribution in [0.1, 0.15) is 18.1 Å². The molecule has 0 aliphatic rings. The highest BCUT2D eigenvalue weighted by atomic mass is 19.1. The van der Waals surface area contributed by atoms with Crippen molar-refractivity contribution in [2.45, 2.75) is 19.0 Å². The number of rotatable bonds is 5. The molecule has 92 valence electrons. The topological polar surface area (TPSA) is 76.3 Å². The van der Waals surface area contributed by atoms with Crippen molar-refractivity contribution in [1.29, 1.82) is 5.26 Å². The molecule has 1 rings (SSSR count). The smallest absolute Gasteiger partial charge is 0.127 e. The van der Waals surface area contributed by atoms with Gasteiger partial charge in [0.15, 0.2) is 0 Å². The van der Waals surface area contributed by atoms with Crippen molar-refractivity contribution >= 4 is 0 Å². The van der Waals surface area contributed by atoms with Crippen molar-refractivity contribution in [3.63, 3.8) is 0 Å². The molecule has 0 radical (unpaired) electrons. The average molecular weight is 238 g/mol. The van der Waals surface area contributed by atoms with E-state index in [1.165, 1.54) is 18.2 Å². The van der Waals surface area contributed by atoms with Crippen LogP contribution in [-0.4, -0.2) is 29.0 Å². The maximum atomic E-state index is 13.4. The summed E-state index contributed by atoms with van der Waals surface area (Å²) in [7, 11) is 0. The van der Waals surface area contributed by atoms with E-state index in [0.29, 0.717) is 11.1 Å². The van der Waals surface area contributed by atoms with Gasteiger partial charge in [-0.15, -0.1) is 0 Å². The molecule has 0 saturated heterocycles. The number of hydrogen-bond donors (Lipinski definition) is 3. The molecule has 0 amide bonds. The molecule has 0 unspecified atom stereocenters. The lowest BCUT2D eigenvalue weighted by Crippen LogP contribution is -2.48. The van der Waals surface area contributed by atoms with E-state index in [0.717, 1.165) is 0 Å². The summed E-state index contributed by atoms with van der Waals surface area (Å²) in [6.45, 7) is 1.24. The quantitative estimate of drug-likeness (QED) is 0.699. The van der Waals surface area contributed by atoms with Gasteiger partial charge in [-0.1, -0.05) is 0 Å². The monoisotopic (exact) mass is 238 g/mol. The number of nitriles is 1. The van der Waals surface area contributed by atoms with Gasteiger partial charge in [-0.25, -0.2) is 4.39 Å². The van der Waals surface area contributed by atoms with Gasteiger partial charge in [-0.2, -0.15) is 5.26 Å². The number of aliphatic hydroxyl groups excluding tert-OH is 2. The molecule has 5 heteroatoms. The molecule has 3 N–H and O–H groups in total. The number of hydrogen-bond acceptors (Lipinski definition) is 4. The fourth-order valence-electron chi connectivity index (χ4n) is 1.25. The summed E-state index contributed by atoms with van der Waals surface area (Å²) >= 11 is 0. The van der Waals surface area contributed by atoms with Gasteiger partial charge in [-0.05, 0) is 25.1 Å². The first-order chi connectivity index (χ1) is 8.04. The van der Waals surface area contributed by atoms with Gasteiger partial charge in [0.25, 0.3) is 0 Å². The van der Waals surface area contributed by atoms with Crippen LogP contribution in [0.5, 0.6) is 0 Å². The van der Waals surface area contributed by atoms with Crippen LogP contribution < -0.4 is 5.32 Å². The molecular formula is C12H15FN2O2. The second-order valence-corrected chi connectivity index (χ2v) is 4.15. The Kier molecular flexibility index (Phi) is 4.58. The van der Waals surface area contributed by atoms with Gasteiger partial charge in [0.1, 0.15) is 5.82 Å². The van der Waals surface area contributed by atoms with Crippen molar-refractivity contribution in [1.82, 2.24) is 5.32 Å². The van der Waals surface area contributed by atoms with Crippen LogP contribution in [0.2, 0.25) is 0 Å². The number of nitrogens with one attached hydrogen (secondary N) is 1. The average Bonchev–Trinajstić information content (AvgIpc) is 2.37. The van der Waals surface area contributed by atoms with E-state index in [9.17, 15) is 4.39 Å². The summed E-state index contributed by atoms with van der Waals surface area (Å²) in [5.74, 6) is -0.422. The van der Waals surface area contributed by atoms with E-state index in [1.807, 2.05) is 6.07 Å². The zero-order chi connectivity index (χ0) is 12.9. The number of nitrogens with zero attached hydrogens (tertiary/aromatic N) is 1. The largest absolute Gasteiger partial charge is 0.394 e. The fraction of sp³-hybridized carbons (Fsp3) is 0.417. The summed E-state index contributed by atoms with van der Waals surface area (Å²) < 4.78 is 13.4. The molecular weight excluding hydrogens is 223 g/mol. The Morgan fingerprint density at radius 1 is 1.41 bits per heavy atom. The molecule has 0 saturated carbocycles. The summed E-state index contributed by atoms with van der Waals surface area (Å²) in [6.07, 6.45) is 0. The lowest BCUT2D eigenvalue weighted by molar-refractivity contribution is 0.103. The zero-order valence-electron chi connectivity index (χ0n) is 9.57. The molecule has 0 aliphatic heterocycles. The van der Waals surface area contributed by atoms with E-state index in [4.69, 9.17) is 15.5 Å². The Labute approximate surface area is 99.3 Å². The molecule has 0 bridgehead atoms. The van der Waals surface area contributed by atoms with Crippen LogP contribution >= 0.6 is 0 Å². The van der Waals surface area contributed by atoms with Gasteiger partial charge >= 0.3 is 0 Å². The van der Waals surface area contributed by atoms with Crippen LogP contribution in [-0.2, 0) is 6.54 Å². The lowest BCUT2D eigenvalue weighted by Gasteiger charge is -2.26. The lowest BCUT2D eigenvalue weighted by atomic mass is 10.0. The molecule has 0 atom stereocenters. The SMILES string of the molecule is CC(CO)(CO)NCc1cc(C#N)ccc1F. The van der Waals surface area contributed by atoms with E-state index >= 15 is 0 Å². The minimum atomic E-state index is -0.866. The highest BCUT2D eigenvalue weighted by Crippen LogP contribution is 2.11. The van der Waals surface area contributed by atoms with Crippen molar-refractivity contribution < 1.29 is 14.6 Å². The first-order valence-corrected chi connectivity index (χ1v) is 5.20. The predicted molar refractivity (Wildman–Crippen MR) is 60.5 cm³/mol. The van der Waals surface area contributed by atoms with Crippen LogP contribution in [0.3, 0.4) is 0 Å². The standard InChI is InChI=1S/C12H15FN2O2/c1-12(7-16,8-17)15-6-10-4-9(5-14)2-3-11(10)13/h2-4,15-17H,6-8H2,1H3. The normalized spacial score (nSPS) is 11.2. The molecule has 4 nitrogen and oxygen atoms in total. The molecule has 1 aromatic carbocycles. The number of halogens is 1. The van der Waals surface area contributed by atoms with Crippen molar-refractivity contribution in [3.05, 3.63) is 35.1 Å². The van der Waals surface area contributed by atoms with E-state index in [2.05, 4.69) is 5.32 Å². The second-order valence-electron chi connectivity index (χ2n) is 4.15. The molecule has 1 aromatic rings. The highest BCUT2D eigenvalue weighted by Gasteiger charge is 2.21. The maximum absolute atomic E-state index is 13.4.